The standard InChI is InChI=1S/C21H25N3O/c1-3-4-13-24(14-17-11-9-16(2)10-12-17)15-20-22-19-8-6-5-7-18(19)21(25)23-20/h5-12H,3-4,13-15H2,1-2H3,(H,22,23,25)/p+1. The molecule has 0 amide bonds. The van der Waals surface area contributed by atoms with Gasteiger partial charge in [-0.2, -0.15) is 0 Å². The molecule has 0 radical (unpaired) electrons. The summed E-state index contributed by atoms with van der Waals surface area (Å²) in [4.78, 5) is 21.3. The summed E-state index contributed by atoms with van der Waals surface area (Å²) >= 11 is 0. The van der Waals surface area contributed by atoms with Crippen LogP contribution in [-0.2, 0) is 13.1 Å². The van der Waals surface area contributed by atoms with E-state index in [0.29, 0.717) is 5.39 Å². The normalized spacial score (nSPS) is 12.4. The van der Waals surface area contributed by atoms with Crippen LogP contribution in [0.1, 0.15) is 36.7 Å². The molecule has 0 saturated heterocycles. The van der Waals surface area contributed by atoms with Crippen molar-refractivity contribution in [2.45, 2.75) is 39.8 Å². The van der Waals surface area contributed by atoms with Gasteiger partial charge in [-0.3, -0.25) is 4.79 Å². The molecule has 2 N–H and O–H groups in total. The molecule has 0 saturated carbocycles. The van der Waals surface area contributed by atoms with E-state index in [9.17, 15) is 4.79 Å². The second kappa shape index (κ2) is 8.08. The highest BCUT2D eigenvalue weighted by molar-refractivity contribution is 5.77. The molecule has 25 heavy (non-hydrogen) atoms. The Kier molecular flexibility index (Phi) is 5.61. The molecule has 0 fully saturated rings. The van der Waals surface area contributed by atoms with E-state index >= 15 is 0 Å². The molecule has 4 nitrogen and oxygen atoms in total. The van der Waals surface area contributed by atoms with Gasteiger partial charge in [-0.15, -0.1) is 0 Å². The zero-order chi connectivity index (χ0) is 17.6. The summed E-state index contributed by atoms with van der Waals surface area (Å²) in [7, 11) is 0. The van der Waals surface area contributed by atoms with E-state index in [0.717, 1.165) is 31.0 Å². The number of quaternary nitrogens is 1. The summed E-state index contributed by atoms with van der Waals surface area (Å²) in [6.07, 6.45) is 2.33. The smallest absolute Gasteiger partial charge is 0.258 e. The van der Waals surface area contributed by atoms with E-state index in [-0.39, 0.29) is 5.56 Å². The first kappa shape index (κ1) is 17.4. The SMILES string of the molecule is CCCC[NH+](Cc1ccc(C)cc1)Cc1nc2ccccc2c(=O)[nH]1. The number of unbranched alkanes of at least 4 members (excludes halogenated alkanes) is 1. The third kappa shape index (κ3) is 4.54. The number of hydrogen-bond donors (Lipinski definition) is 2. The van der Waals surface area contributed by atoms with Gasteiger partial charge in [-0.05, 0) is 25.5 Å². The number of fused-ring (bicyclic) bond motifs is 1. The van der Waals surface area contributed by atoms with Gasteiger partial charge in [0, 0.05) is 5.56 Å². The van der Waals surface area contributed by atoms with Crippen molar-refractivity contribution in [1.29, 1.82) is 0 Å². The maximum atomic E-state index is 12.3. The zero-order valence-electron chi connectivity index (χ0n) is 15.0. The summed E-state index contributed by atoms with van der Waals surface area (Å²) in [6, 6.07) is 16.2. The summed E-state index contributed by atoms with van der Waals surface area (Å²) in [5, 5.41) is 0.653. The highest BCUT2D eigenvalue weighted by Gasteiger charge is 2.13. The second-order valence-corrected chi connectivity index (χ2v) is 6.72. The first-order valence-electron chi connectivity index (χ1n) is 9.02. The third-order valence-electron chi connectivity index (χ3n) is 4.54. The van der Waals surface area contributed by atoms with Crippen molar-refractivity contribution in [2.24, 2.45) is 0 Å². The molecule has 0 aliphatic carbocycles. The number of aryl methyl sites for hydroxylation is 1. The van der Waals surface area contributed by atoms with E-state index in [1.165, 1.54) is 28.9 Å². The van der Waals surface area contributed by atoms with Crippen molar-refractivity contribution in [2.75, 3.05) is 6.54 Å². The minimum atomic E-state index is -0.0502. The summed E-state index contributed by atoms with van der Waals surface area (Å²) in [5.74, 6) is 0.766. The summed E-state index contributed by atoms with van der Waals surface area (Å²) in [5.41, 5.74) is 3.32. The van der Waals surface area contributed by atoms with E-state index < -0.39 is 0 Å². The molecule has 130 valence electrons. The molecule has 4 heteroatoms. The molecule has 0 aliphatic heterocycles. The van der Waals surface area contributed by atoms with Crippen LogP contribution in [0.25, 0.3) is 10.9 Å². The van der Waals surface area contributed by atoms with Gasteiger partial charge in [0.05, 0.1) is 17.4 Å². The summed E-state index contributed by atoms with van der Waals surface area (Å²) in [6.45, 7) is 7.06. The minimum absolute atomic E-state index is 0.0502. The van der Waals surface area contributed by atoms with Gasteiger partial charge < -0.3 is 9.88 Å². The number of para-hydroxylation sites is 1. The molecule has 1 atom stereocenters. The van der Waals surface area contributed by atoms with Crippen LogP contribution in [0.3, 0.4) is 0 Å². The van der Waals surface area contributed by atoms with Gasteiger partial charge in [0.25, 0.3) is 5.56 Å². The van der Waals surface area contributed by atoms with Crippen molar-refractivity contribution in [3.05, 3.63) is 75.8 Å². The Balaban J connectivity index is 1.82. The quantitative estimate of drug-likeness (QED) is 0.697. The molecular formula is C21H26N3O+. The lowest BCUT2D eigenvalue weighted by Gasteiger charge is -2.19. The highest BCUT2D eigenvalue weighted by Crippen LogP contribution is 2.05. The molecule has 1 unspecified atom stereocenters. The van der Waals surface area contributed by atoms with Crippen LogP contribution in [-0.4, -0.2) is 16.5 Å². The maximum Gasteiger partial charge on any atom is 0.258 e. The number of nitrogens with one attached hydrogen (secondary N) is 2. The van der Waals surface area contributed by atoms with Crippen molar-refractivity contribution >= 4 is 10.9 Å². The third-order valence-corrected chi connectivity index (χ3v) is 4.54. The monoisotopic (exact) mass is 336 g/mol. The predicted octanol–water partition coefficient (Wildman–Crippen LogP) is 2.62. The van der Waals surface area contributed by atoms with Gasteiger partial charge in [0.2, 0.25) is 0 Å². The van der Waals surface area contributed by atoms with E-state index in [2.05, 4.69) is 48.1 Å². The number of benzene rings is 2. The number of H-pyrrole nitrogens is 1. The molecule has 0 aliphatic rings. The largest absolute Gasteiger partial charge is 0.325 e. The Bertz CT molecular complexity index is 884. The van der Waals surface area contributed by atoms with Gasteiger partial charge in [-0.25, -0.2) is 4.98 Å². The second-order valence-electron chi connectivity index (χ2n) is 6.72. The van der Waals surface area contributed by atoms with Crippen LogP contribution in [0.15, 0.2) is 53.3 Å². The minimum Gasteiger partial charge on any atom is -0.325 e. The summed E-state index contributed by atoms with van der Waals surface area (Å²) < 4.78 is 0. The van der Waals surface area contributed by atoms with Gasteiger partial charge >= 0.3 is 0 Å². The number of aromatic nitrogens is 2. The molecular weight excluding hydrogens is 310 g/mol. The molecule has 3 rings (SSSR count). The molecule has 2 aromatic carbocycles. The van der Waals surface area contributed by atoms with Crippen LogP contribution in [0.2, 0.25) is 0 Å². The van der Waals surface area contributed by atoms with Gasteiger partial charge in [0.1, 0.15) is 13.1 Å². The topological polar surface area (TPSA) is 50.2 Å². The van der Waals surface area contributed by atoms with E-state index in [1.54, 1.807) is 0 Å². The Hall–Kier alpha value is -2.46. The fraction of sp³-hybridized carbons (Fsp3) is 0.333. The number of aromatic amines is 1. The maximum absolute atomic E-state index is 12.3. The van der Waals surface area contributed by atoms with Crippen LogP contribution in [0.4, 0.5) is 0 Å². The fourth-order valence-electron chi connectivity index (χ4n) is 3.12. The Labute approximate surface area is 148 Å². The lowest BCUT2D eigenvalue weighted by Crippen LogP contribution is -3.09. The molecule has 0 bridgehead atoms. The van der Waals surface area contributed by atoms with Crippen LogP contribution in [0.5, 0.6) is 0 Å². The fourth-order valence-corrected chi connectivity index (χ4v) is 3.12. The van der Waals surface area contributed by atoms with Crippen LogP contribution < -0.4 is 10.5 Å². The van der Waals surface area contributed by atoms with Gasteiger partial charge in [-0.1, -0.05) is 55.3 Å². The van der Waals surface area contributed by atoms with Crippen LogP contribution in [0, 0.1) is 6.92 Å². The van der Waals surface area contributed by atoms with Crippen molar-refractivity contribution in [3.63, 3.8) is 0 Å². The zero-order valence-corrected chi connectivity index (χ0v) is 15.0. The Morgan fingerprint density at radius 1 is 1.04 bits per heavy atom. The van der Waals surface area contributed by atoms with Crippen LogP contribution >= 0.6 is 0 Å². The number of rotatable bonds is 7. The molecule has 3 aromatic rings. The first-order chi connectivity index (χ1) is 12.2. The van der Waals surface area contributed by atoms with E-state index in [4.69, 9.17) is 0 Å². The molecule has 1 heterocycles. The van der Waals surface area contributed by atoms with E-state index in [1.807, 2.05) is 24.3 Å². The average Bonchev–Trinajstić information content (AvgIpc) is 2.61. The van der Waals surface area contributed by atoms with Crippen molar-refractivity contribution in [1.82, 2.24) is 9.97 Å². The van der Waals surface area contributed by atoms with Crippen molar-refractivity contribution < 1.29 is 4.90 Å². The number of hydrogen-bond acceptors (Lipinski definition) is 2. The number of nitrogens with zero attached hydrogens (tertiary/aromatic N) is 1. The lowest BCUT2D eigenvalue weighted by atomic mass is 10.1. The van der Waals surface area contributed by atoms with Crippen molar-refractivity contribution in [3.8, 4) is 0 Å². The molecule has 1 aromatic heterocycles. The lowest BCUT2D eigenvalue weighted by molar-refractivity contribution is -0.928. The average molecular weight is 336 g/mol. The van der Waals surface area contributed by atoms with Gasteiger partial charge in [0.15, 0.2) is 5.82 Å². The molecule has 0 spiro atoms. The Morgan fingerprint density at radius 2 is 1.80 bits per heavy atom. The Morgan fingerprint density at radius 3 is 2.56 bits per heavy atom. The first-order valence-corrected chi connectivity index (χ1v) is 9.02. The predicted molar refractivity (Wildman–Crippen MR) is 102 cm³/mol. The highest BCUT2D eigenvalue weighted by atomic mass is 16.1.